The zero-order chi connectivity index (χ0) is 20.6. The first-order valence-corrected chi connectivity index (χ1v) is 10.4. The van der Waals surface area contributed by atoms with E-state index in [0.717, 1.165) is 49.1 Å². The predicted molar refractivity (Wildman–Crippen MR) is 107 cm³/mol. The van der Waals surface area contributed by atoms with E-state index in [2.05, 4.69) is 17.3 Å². The zero-order valence-corrected chi connectivity index (χ0v) is 17.8. The fourth-order valence-electron chi connectivity index (χ4n) is 5.32. The van der Waals surface area contributed by atoms with Gasteiger partial charge in [0, 0.05) is 43.2 Å². The SMILES string of the molecule is CC(=O)N1[C@@H](CNC(=O)Cc2c(C)nn(C)c2C)C[C@@]2(C)[C@@H](O)CCCC[C@@H]12. The maximum absolute atomic E-state index is 12.6. The van der Waals surface area contributed by atoms with Crippen LogP contribution in [-0.2, 0) is 23.1 Å². The molecule has 1 aliphatic heterocycles. The van der Waals surface area contributed by atoms with Gasteiger partial charge >= 0.3 is 0 Å². The lowest BCUT2D eigenvalue weighted by atomic mass is 9.75. The lowest BCUT2D eigenvalue weighted by Crippen LogP contribution is -2.48. The molecule has 1 saturated carbocycles. The minimum atomic E-state index is -0.400. The van der Waals surface area contributed by atoms with Crippen molar-refractivity contribution < 1.29 is 14.7 Å². The molecule has 2 fully saturated rings. The van der Waals surface area contributed by atoms with Gasteiger partial charge in [0.05, 0.1) is 24.3 Å². The molecule has 2 aliphatic rings. The Bertz CT molecular complexity index is 759. The summed E-state index contributed by atoms with van der Waals surface area (Å²) in [6.07, 6.45) is 4.36. The highest BCUT2D eigenvalue weighted by Crippen LogP contribution is 2.48. The maximum atomic E-state index is 12.6. The Morgan fingerprint density at radius 2 is 1.96 bits per heavy atom. The number of carbonyl (C=O) groups is 2. The van der Waals surface area contributed by atoms with Gasteiger partial charge in [-0.25, -0.2) is 0 Å². The van der Waals surface area contributed by atoms with Crippen LogP contribution >= 0.6 is 0 Å². The molecule has 1 aliphatic carbocycles. The number of nitrogens with zero attached hydrogens (tertiary/aromatic N) is 3. The van der Waals surface area contributed by atoms with E-state index in [-0.39, 0.29) is 29.3 Å². The van der Waals surface area contributed by atoms with Gasteiger partial charge in [0.15, 0.2) is 0 Å². The fraction of sp³-hybridized carbons (Fsp3) is 0.762. The van der Waals surface area contributed by atoms with Crippen LogP contribution in [0.15, 0.2) is 0 Å². The van der Waals surface area contributed by atoms with Gasteiger partial charge in [0.1, 0.15) is 0 Å². The highest BCUT2D eigenvalue weighted by Gasteiger charge is 2.54. The average molecular weight is 391 g/mol. The molecule has 2 N–H and O–H groups in total. The van der Waals surface area contributed by atoms with E-state index in [4.69, 9.17) is 0 Å². The average Bonchev–Trinajstić information content (AvgIpc) is 2.99. The first-order chi connectivity index (χ1) is 13.1. The second-order valence-corrected chi connectivity index (χ2v) is 8.86. The third kappa shape index (κ3) is 3.69. The largest absolute Gasteiger partial charge is 0.392 e. The van der Waals surface area contributed by atoms with E-state index >= 15 is 0 Å². The fourth-order valence-corrected chi connectivity index (χ4v) is 5.32. The monoisotopic (exact) mass is 390 g/mol. The summed E-state index contributed by atoms with van der Waals surface area (Å²) in [7, 11) is 1.88. The zero-order valence-electron chi connectivity index (χ0n) is 17.8. The molecule has 2 heterocycles. The first-order valence-electron chi connectivity index (χ1n) is 10.4. The van der Waals surface area contributed by atoms with Crippen molar-refractivity contribution in [1.82, 2.24) is 20.0 Å². The highest BCUT2D eigenvalue weighted by atomic mass is 16.3. The second kappa shape index (κ2) is 7.85. The number of aliphatic hydroxyl groups excluding tert-OH is 1. The Hall–Kier alpha value is -1.89. The number of hydrogen-bond donors (Lipinski definition) is 2. The summed E-state index contributed by atoms with van der Waals surface area (Å²) in [6, 6.07) is -0.0208. The van der Waals surface area contributed by atoms with Gasteiger partial charge in [-0.05, 0) is 33.1 Å². The van der Waals surface area contributed by atoms with Crippen molar-refractivity contribution in [2.75, 3.05) is 6.54 Å². The van der Waals surface area contributed by atoms with Crippen LogP contribution in [-0.4, -0.2) is 56.3 Å². The molecular weight excluding hydrogens is 356 g/mol. The molecule has 1 aromatic rings. The Labute approximate surface area is 167 Å². The molecule has 156 valence electrons. The van der Waals surface area contributed by atoms with Crippen molar-refractivity contribution in [1.29, 1.82) is 0 Å². The van der Waals surface area contributed by atoms with Crippen molar-refractivity contribution in [2.45, 2.75) is 84.4 Å². The number of fused-ring (bicyclic) bond motifs is 1. The molecule has 2 amide bonds. The second-order valence-electron chi connectivity index (χ2n) is 8.86. The van der Waals surface area contributed by atoms with Crippen molar-refractivity contribution in [3.63, 3.8) is 0 Å². The third-order valence-electron chi connectivity index (χ3n) is 7.03. The highest BCUT2D eigenvalue weighted by molar-refractivity contribution is 5.79. The van der Waals surface area contributed by atoms with Crippen molar-refractivity contribution in [3.05, 3.63) is 17.0 Å². The number of carbonyl (C=O) groups excluding carboxylic acids is 2. The van der Waals surface area contributed by atoms with Gasteiger partial charge in [-0.1, -0.05) is 19.8 Å². The third-order valence-corrected chi connectivity index (χ3v) is 7.03. The Kier molecular flexibility index (Phi) is 5.84. The molecule has 7 heteroatoms. The van der Waals surface area contributed by atoms with E-state index < -0.39 is 6.10 Å². The van der Waals surface area contributed by atoms with Crippen LogP contribution < -0.4 is 5.32 Å². The number of amides is 2. The number of aromatic nitrogens is 2. The molecule has 3 rings (SSSR count). The van der Waals surface area contributed by atoms with Gasteiger partial charge in [0.2, 0.25) is 11.8 Å². The van der Waals surface area contributed by atoms with Crippen molar-refractivity contribution in [3.8, 4) is 0 Å². The van der Waals surface area contributed by atoms with Crippen LogP contribution in [0.2, 0.25) is 0 Å². The summed E-state index contributed by atoms with van der Waals surface area (Å²) in [5.41, 5.74) is 2.53. The normalized spacial score (nSPS) is 30.1. The molecule has 28 heavy (non-hydrogen) atoms. The van der Waals surface area contributed by atoms with E-state index in [1.165, 1.54) is 0 Å². The molecule has 0 spiro atoms. The van der Waals surface area contributed by atoms with Crippen LogP contribution in [0.3, 0.4) is 0 Å². The number of aliphatic hydroxyl groups is 1. The van der Waals surface area contributed by atoms with Gasteiger partial charge < -0.3 is 15.3 Å². The number of rotatable bonds is 4. The molecule has 1 saturated heterocycles. The number of hydrogen-bond acceptors (Lipinski definition) is 4. The summed E-state index contributed by atoms with van der Waals surface area (Å²) in [5.74, 6) is -0.0264. The lowest BCUT2D eigenvalue weighted by Gasteiger charge is -2.37. The number of aryl methyl sites for hydroxylation is 2. The number of nitrogens with one attached hydrogen (secondary N) is 1. The molecule has 7 nitrogen and oxygen atoms in total. The Balaban J connectivity index is 1.69. The smallest absolute Gasteiger partial charge is 0.224 e. The molecular formula is C21H34N4O3. The minimum absolute atomic E-state index is 0.0287. The van der Waals surface area contributed by atoms with Crippen LogP contribution in [0.25, 0.3) is 0 Å². The van der Waals surface area contributed by atoms with Crippen molar-refractivity contribution in [2.24, 2.45) is 12.5 Å². The molecule has 1 aromatic heterocycles. The predicted octanol–water partition coefficient (Wildman–Crippen LogP) is 1.63. The van der Waals surface area contributed by atoms with Gasteiger partial charge in [-0.3, -0.25) is 14.3 Å². The topological polar surface area (TPSA) is 87.5 Å². The van der Waals surface area contributed by atoms with Gasteiger partial charge in [0.25, 0.3) is 0 Å². The molecule has 4 atom stereocenters. The van der Waals surface area contributed by atoms with E-state index in [0.29, 0.717) is 13.0 Å². The summed E-state index contributed by atoms with van der Waals surface area (Å²) in [6.45, 7) is 8.01. The van der Waals surface area contributed by atoms with Crippen molar-refractivity contribution >= 4 is 11.8 Å². The van der Waals surface area contributed by atoms with Crippen LogP contribution in [0.4, 0.5) is 0 Å². The van der Waals surface area contributed by atoms with Crippen LogP contribution in [0.1, 0.15) is 62.9 Å². The van der Waals surface area contributed by atoms with Crippen LogP contribution in [0.5, 0.6) is 0 Å². The first kappa shape index (κ1) is 20.8. The van der Waals surface area contributed by atoms with E-state index in [9.17, 15) is 14.7 Å². The van der Waals surface area contributed by atoms with E-state index in [1.54, 1.807) is 11.6 Å². The van der Waals surface area contributed by atoms with Gasteiger partial charge in [-0.2, -0.15) is 5.10 Å². The maximum Gasteiger partial charge on any atom is 0.224 e. The van der Waals surface area contributed by atoms with Crippen LogP contribution in [0, 0.1) is 19.3 Å². The Morgan fingerprint density at radius 1 is 1.29 bits per heavy atom. The summed E-state index contributed by atoms with van der Waals surface area (Å²) < 4.78 is 1.79. The molecule has 0 unspecified atom stereocenters. The summed E-state index contributed by atoms with van der Waals surface area (Å²) >= 11 is 0. The summed E-state index contributed by atoms with van der Waals surface area (Å²) in [5, 5.41) is 18.1. The number of likely N-dealkylation sites (tertiary alicyclic amines) is 1. The molecule has 0 bridgehead atoms. The van der Waals surface area contributed by atoms with E-state index in [1.807, 2.05) is 25.8 Å². The Morgan fingerprint density at radius 3 is 2.57 bits per heavy atom. The quantitative estimate of drug-likeness (QED) is 0.818. The molecule has 0 radical (unpaired) electrons. The summed E-state index contributed by atoms with van der Waals surface area (Å²) in [4.78, 5) is 26.9. The van der Waals surface area contributed by atoms with Gasteiger partial charge in [-0.15, -0.1) is 0 Å². The molecule has 0 aromatic carbocycles. The minimum Gasteiger partial charge on any atom is -0.392 e. The lowest BCUT2D eigenvalue weighted by molar-refractivity contribution is -0.133. The standard InChI is InChI=1S/C21H34N4O3/c1-13-17(14(2)24(5)23-13)10-20(28)22-12-16-11-21(4)18(25(16)15(3)26)8-6-7-9-19(21)27/h16,18-19,27H,6-12H2,1-5H3,(H,22,28)/t16-,18-,19+,21-/m1/s1.